The molecule has 3 fully saturated rings. The Morgan fingerprint density at radius 2 is 1.55 bits per heavy atom. The molecule has 4 aliphatic heterocycles. The van der Waals surface area contributed by atoms with Crippen molar-refractivity contribution in [1.82, 2.24) is 0 Å². The molecule has 6 rings (SSSR count). The average Bonchev–Trinajstić information content (AvgIpc) is 2.92. The van der Waals surface area contributed by atoms with E-state index in [1.165, 1.54) is 22.5 Å². The number of rotatable bonds is 5. The van der Waals surface area contributed by atoms with Gasteiger partial charge in [-0.3, -0.25) is 0 Å². The van der Waals surface area contributed by atoms with Crippen molar-refractivity contribution in [2.45, 2.75) is 32.1 Å². The molecule has 4 heterocycles. The molecule has 152 valence electrons. The van der Waals surface area contributed by atoms with Crippen LogP contribution in [0.25, 0.3) is 0 Å². The van der Waals surface area contributed by atoms with Crippen molar-refractivity contribution in [2.24, 2.45) is 11.8 Å². The van der Waals surface area contributed by atoms with Crippen molar-refractivity contribution in [3.63, 3.8) is 0 Å². The summed E-state index contributed by atoms with van der Waals surface area (Å²) in [7, 11) is 0. The quantitative estimate of drug-likeness (QED) is 0.738. The number of benzene rings is 2. The van der Waals surface area contributed by atoms with E-state index in [1.54, 1.807) is 0 Å². The van der Waals surface area contributed by atoms with E-state index >= 15 is 0 Å². The summed E-state index contributed by atoms with van der Waals surface area (Å²) in [5.41, 5.74) is 5.52. The minimum Gasteiger partial charge on any atom is -0.550 e. The maximum atomic E-state index is 11.6. The van der Waals surface area contributed by atoms with E-state index in [-0.39, 0.29) is 5.92 Å². The summed E-state index contributed by atoms with van der Waals surface area (Å²) in [6.07, 6.45) is 5.34. The van der Waals surface area contributed by atoms with Gasteiger partial charge >= 0.3 is 0 Å². The van der Waals surface area contributed by atoms with Crippen LogP contribution in [-0.4, -0.2) is 43.2 Å². The molecule has 1 unspecified atom stereocenters. The first kappa shape index (κ1) is 18.7. The van der Waals surface area contributed by atoms with E-state index in [2.05, 4.69) is 53.4 Å². The highest BCUT2D eigenvalue weighted by molar-refractivity contribution is 5.71. The first-order valence-corrected chi connectivity index (χ1v) is 11.1. The minimum atomic E-state index is -0.827. The highest BCUT2D eigenvalue weighted by atomic mass is 16.4. The van der Waals surface area contributed by atoms with Crippen LogP contribution in [0.3, 0.4) is 0 Å². The number of anilines is 2. The molecule has 4 aliphatic rings. The molecule has 4 heteroatoms. The zero-order valence-corrected chi connectivity index (χ0v) is 17.1. The van der Waals surface area contributed by atoms with Crippen LogP contribution in [-0.2, 0) is 17.6 Å². The number of carboxylic acids is 1. The Morgan fingerprint density at radius 1 is 0.966 bits per heavy atom. The molecule has 0 N–H and O–H groups in total. The number of quaternary nitrogens is 1. The zero-order valence-electron chi connectivity index (χ0n) is 17.1. The standard InChI is InChI=1S/C25H30N2O2/c28-25(29)22-18-27(16-12-19(22)13-17-27)15-5-14-26-23-8-3-1-6-20(23)10-11-21-7-2-4-9-24(21)26/h1-4,6-9,19,22H,5,10-18H2. The fourth-order valence-electron chi connectivity index (χ4n) is 6.04. The van der Waals surface area contributed by atoms with Gasteiger partial charge in [-0.1, -0.05) is 36.4 Å². The van der Waals surface area contributed by atoms with Gasteiger partial charge in [0.1, 0.15) is 0 Å². The Kier molecular flexibility index (Phi) is 4.83. The third kappa shape index (κ3) is 3.44. The highest BCUT2D eigenvalue weighted by Crippen LogP contribution is 2.39. The smallest absolute Gasteiger partial charge is 0.0871 e. The number of hydrogen-bond donors (Lipinski definition) is 0. The number of nitrogens with zero attached hydrogens (tertiary/aromatic N) is 2. The largest absolute Gasteiger partial charge is 0.550 e. The summed E-state index contributed by atoms with van der Waals surface area (Å²) in [5, 5.41) is 11.6. The van der Waals surface area contributed by atoms with Crippen LogP contribution in [0.5, 0.6) is 0 Å². The van der Waals surface area contributed by atoms with Crippen molar-refractivity contribution in [2.75, 3.05) is 37.6 Å². The Balaban J connectivity index is 1.35. The van der Waals surface area contributed by atoms with Crippen LogP contribution in [0.4, 0.5) is 11.4 Å². The molecular weight excluding hydrogens is 360 g/mol. The first-order chi connectivity index (χ1) is 14.2. The predicted octanol–water partition coefficient (Wildman–Crippen LogP) is 2.92. The van der Waals surface area contributed by atoms with E-state index in [4.69, 9.17) is 0 Å². The van der Waals surface area contributed by atoms with E-state index in [9.17, 15) is 9.90 Å². The topological polar surface area (TPSA) is 43.4 Å². The summed E-state index contributed by atoms with van der Waals surface area (Å²) in [6.45, 7) is 5.11. The number of carbonyl (C=O) groups excluding carboxylic acids is 1. The Labute approximate surface area is 173 Å². The number of carbonyl (C=O) groups is 1. The van der Waals surface area contributed by atoms with Crippen LogP contribution in [0, 0.1) is 11.8 Å². The molecule has 2 aromatic rings. The lowest BCUT2D eigenvalue weighted by Gasteiger charge is -2.53. The summed E-state index contributed by atoms with van der Waals surface area (Å²) in [5.74, 6) is -0.714. The predicted molar refractivity (Wildman–Crippen MR) is 113 cm³/mol. The molecule has 0 aromatic heterocycles. The second kappa shape index (κ2) is 7.49. The molecular formula is C25H30N2O2. The SMILES string of the molecule is O=C([O-])C1C[N+]2(CCCN3c4ccccc4CCc4ccccc43)CCC1CC2. The van der Waals surface area contributed by atoms with Gasteiger partial charge in [-0.15, -0.1) is 0 Å². The highest BCUT2D eigenvalue weighted by Gasteiger charge is 2.45. The van der Waals surface area contributed by atoms with Gasteiger partial charge in [0, 0.05) is 37.2 Å². The molecule has 0 aliphatic carbocycles. The average molecular weight is 391 g/mol. The van der Waals surface area contributed by atoms with E-state index in [0.29, 0.717) is 5.92 Å². The van der Waals surface area contributed by atoms with Crippen molar-refractivity contribution in [1.29, 1.82) is 0 Å². The Bertz CT molecular complexity index is 854. The second-order valence-corrected chi connectivity index (χ2v) is 9.22. The number of aliphatic carboxylic acids is 1. The fraction of sp³-hybridized carbons (Fsp3) is 0.480. The summed E-state index contributed by atoms with van der Waals surface area (Å²) < 4.78 is 0.978. The number of fused-ring (bicyclic) bond motifs is 5. The Hall–Kier alpha value is -2.33. The first-order valence-electron chi connectivity index (χ1n) is 11.1. The number of aryl methyl sites for hydroxylation is 2. The van der Waals surface area contributed by atoms with Gasteiger partial charge in [0.05, 0.1) is 38.1 Å². The van der Waals surface area contributed by atoms with Gasteiger partial charge in [-0.05, 0) is 42.0 Å². The lowest BCUT2D eigenvalue weighted by Crippen LogP contribution is -2.64. The van der Waals surface area contributed by atoms with Gasteiger partial charge in [-0.25, -0.2) is 0 Å². The van der Waals surface area contributed by atoms with Crippen LogP contribution in [0.2, 0.25) is 0 Å². The van der Waals surface area contributed by atoms with Gasteiger partial charge in [0.15, 0.2) is 0 Å². The Morgan fingerprint density at radius 3 is 2.14 bits per heavy atom. The van der Waals surface area contributed by atoms with Crippen LogP contribution >= 0.6 is 0 Å². The molecule has 3 saturated heterocycles. The second-order valence-electron chi connectivity index (χ2n) is 9.22. The van der Waals surface area contributed by atoms with Crippen LogP contribution in [0.1, 0.15) is 30.4 Å². The van der Waals surface area contributed by atoms with Crippen molar-refractivity contribution >= 4 is 17.3 Å². The molecule has 2 bridgehead atoms. The van der Waals surface area contributed by atoms with Crippen molar-refractivity contribution in [3.8, 4) is 0 Å². The van der Waals surface area contributed by atoms with Gasteiger partial charge < -0.3 is 19.3 Å². The maximum Gasteiger partial charge on any atom is 0.0871 e. The molecule has 29 heavy (non-hydrogen) atoms. The third-order valence-corrected chi connectivity index (χ3v) is 7.65. The summed E-state index contributed by atoms with van der Waals surface area (Å²) in [4.78, 5) is 14.1. The monoisotopic (exact) mass is 390 g/mol. The van der Waals surface area contributed by atoms with Crippen LogP contribution < -0.4 is 10.0 Å². The molecule has 4 nitrogen and oxygen atoms in total. The number of carboxylic acid groups (broad SMARTS) is 1. The summed E-state index contributed by atoms with van der Waals surface area (Å²) >= 11 is 0. The van der Waals surface area contributed by atoms with Gasteiger partial charge in [0.25, 0.3) is 0 Å². The van der Waals surface area contributed by atoms with Crippen molar-refractivity contribution < 1.29 is 14.4 Å². The van der Waals surface area contributed by atoms with E-state index in [1.807, 2.05) is 0 Å². The molecule has 1 atom stereocenters. The molecule has 2 aromatic carbocycles. The lowest BCUT2D eigenvalue weighted by atomic mass is 9.77. The lowest BCUT2D eigenvalue weighted by molar-refractivity contribution is -0.946. The zero-order chi connectivity index (χ0) is 19.8. The molecule has 0 spiro atoms. The number of piperidine rings is 3. The normalized spacial score (nSPS) is 27.8. The number of para-hydroxylation sites is 2. The molecule has 0 amide bonds. The van der Waals surface area contributed by atoms with Crippen molar-refractivity contribution in [3.05, 3.63) is 59.7 Å². The fourth-order valence-corrected chi connectivity index (χ4v) is 6.04. The van der Waals surface area contributed by atoms with E-state index < -0.39 is 5.97 Å². The third-order valence-electron chi connectivity index (χ3n) is 7.65. The van der Waals surface area contributed by atoms with E-state index in [0.717, 1.165) is 69.3 Å². The van der Waals surface area contributed by atoms with Crippen LogP contribution in [0.15, 0.2) is 48.5 Å². The molecule has 0 radical (unpaired) electrons. The number of hydrogen-bond acceptors (Lipinski definition) is 3. The molecule has 0 saturated carbocycles. The van der Waals surface area contributed by atoms with Gasteiger partial charge in [-0.2, -0.15) is 0 Å². The summed E-state index contributed by atoms with van der Waals surface area (Å²) in [6, 6.07) is 17.6. The maximum absolute atomic E-state index is 11.6. The van der Waals surface area contributed by atoms with Gasteiger partial charge in [0.2, 0.25) is 0 Å². The minimum absolute atomic E-state index is 0.239.